The van der Waals surface area contributed by atoms with Crippen LogP contribution in [-0.2, 0) is 6.54 Å². The fraction of sp³-hybridized carbons (Fsp3) is 0.545. The molecule has 1 unspecified atom stereocenters. The molecule has 0 bridgehead atoms. The summed E-state index contributed by atoms with van der Waals surface area (Å²) in [4.78, 5) is 12.5. The molecule has 90 valence electrons. The molecule has 0 radical (unpaired) electrons. The molecule has 16 heavy (non-hydrogen) atoms. The van der Waals surface area contributed by atoms with Crippen LogP contribution in [0.3, 0.4) is 0 Å². The zero-order valence-electron chi connectivity index (χ0n) is 9.51. The predicted molar refractivity (Wildman–Crippen MR) is 58.3 cm³/mol. The number of aliphatic hydroxyl groups excluding tert-OH is 1. The number of carboxylic acid groups (broad SMARTS) is 1. The van der Waals surface area contributed by atoms with Gasteiger partial charge in [0.25, 0.3) is 0 Å². The minimum absolute atomic E-state index is 0.0427. The highest BCUT2D eigenvalue weighted by Gasteiger charge is 2.10. The zero-order valence-corrected chi connectivity index (χ0v) is 9.51. The van der Waals surface area contributed by atoms with Gasteiger partial charge in [-0.25, -0.2) is 4.79 Å². The molecule has 1 atom stereocenters. The Hall–Kier alpha value is -1.33. The van der Waals surface area contributed by atoms with Crippen LogP contribution < -0.4 is 0 Å². The first-order valence-corrected chi connectivity index (χ1v) is 5.17. The third-order valence-corrected chi connectivity index (χ3v) is 2.23. The van der Waals surface area contributed by atoms with Crippen molar-refractivity contribution in [2.75, 3.05) is 13.6 Å². The van der Waals surface area contributed by atoms with Crippen LogP contribution in [0.25, 0.3) is 0 Å². The molecule has 1 aromatic rings. The molecule has 0 spiro atoms. The van der Waals surface area contributed by atoms with Crippen molar-refractivity contribution < 1.29 is 19.4 Å². The molecule has 0 saturated carbocycles. The number of furan rings is 1. The van der Waals surface area contributed by atoms with Crippen LogP contribution >= 0.6 is 0 Å². The van der Waals surface area contributed by atoms with Gasteiger partial charge in [-0.15, -0.1) is 0 Å². The van der Waals surface area contributed by atoms with Crippen molar-refractivity contribution in [2.45, 2.75) is 26.0 Å². The maximum absolute atomic E-state index is 10.6. The fourth-order valence-corrected chi connectivity index (χ4v) is 1.33. The molecule has 0 aromatic carbocycles. The number of aromatic carboxylic acids is 1. The largest absolute Gasteiger partial charge is 0.475 e. The Bertz CT molecular complexity index is 346. The molecule has 1 rings (SSSR count). The van der Waals surface area contributed by atoms with Crippen LogP contribution in [0.1, 0.15) is 29.7 Å². The lowest BCUT2D eigenvalue weighted by Crippen LogP contribution is -2.21. The molecule has 1 aromatic heterocycles. The van der Waals surface area contributed by atoms with E-state index in [2.05, 4.69) is 0 Å². The Morgan fingerprint density at radius 3 is 2.75 bits per heavy atom. The summed E-state index contributed by atoms with van der Waals surface area (Å²) in [6.07, 6.45) is 0.358. The Kier molecular flexibility index (Phi) is 4.52. The molecule has 2 N–H and O–H groups in total. The van der Waals surface area contributed by atoms with Crippen LogP contribution in [0.15, 0.2) is 16.5 Å². The van der Waals surface area contributed by atoms with Crippen LogP contribution in [-0.4, -0.2) is 40.8 Å². The third kappa shape index (κ3) is 4.04. The van der Waals surface area contributed by atoms with Crippen molar-refractivity contribution in [1.82, 2.24) is 4.90 Å². The Balaban J connectivity index is 2.43. The van der Waals surface area contributed by atoms with Crippen molar-refractivity contribution in [2.24, 2.45) is 0 Å². The van der Waals surface area contributed by atoms with Crippen molar-refractivity contribution in [3.05, 3.63) is 23.7 Å². The molecular formula is C11H17NO4. The first-order valence-electron chi connectivity index (χ1n) is 5.17. The van der Waals surface area contributed by atoms with E-state index in [1.165, 1.54) is 6.07 Å². The van der Waals surface area contributed by atoms with Crippen LogP contribution in [0.2, 0.25) is 0 Å². The Morgan fingerprint density at radius 1 is 1.56 bits per heavy atom. The fourth-order valence-electron chi connectivity index (χ4n) is 1.33. The lowest BCUT2D eigenvalue weighted by atomic mass is 10.2. The topological polar surface area (TPSA) is 73.9 Å². The Morgan fingerprint density at radius 2 is 2.25 bits per heavy atom. The molecular weight excluding hydrogens is 210 g/mol. The summed E-state index contributed by atoms with van der Waals surface area (Å²) in [6, 6.07) is 3.10. The minimum atomic E-state index is -1.06. The van der Waals surface area contributed by atoms with Gasteiger partial charge in [-0.05, 0) is 32.5 Å². The lowest BCUT2D eigenvalue weighted by Gasteiger charge is -2.15. The summed E-state index contributed by atoms with van der Waals surface area (Å²) in [7, 11) is 1.89. The van der Waals surface area contributed by atoms with Gasteiger partial charge in [-0.1, -0.05) is 0 Å². The summed E-state index contributed by atoms with van der Waals surface area (Å²) in [5.41, 5.74) is 0. The highest BCUT2D eigenvalue weighted by atomic mass is 16.4. The summed E-state index contributed by atoms with van der Waals surface area (Å²) >= 11 is 0. The highest BCUT2D eigenvalue weighted by molar-refractivity contribution is 5.84. The molecule has 1 heterocycles. The second kappa shape index (κ2) is 5.67. The van der Waals surface area contributed by atoms with E-state index in [1.54, 1.807) is 13.0 Å². The van der Waals surface area contributed by atoms with E-state index in [0.29, 0.717) is 18.7 Å². The second-order valence-corrected chi connectivity index (χ2v) is 3.95. The molecule has 0 fully saturated rings. The number of carboxylic acids is 1. The van der Waals surface area contributed by atoms with Crippen molar-refractivity contribution in [3.8, 4) is 0 Å². The van der Waals surface area contributed by atoms with E-state index < -0.39 is 5.97 Å². The van der Waals surface area contributed by atoms with Crippen molar-refractivity contribution in [1.29, 1.82) is 0 Å². The van der Waals surface area contributed by atoms with Crippen molar-refractivity contribution in [3.63, 3.8) is 0 Å². The number of aliphatic hydroxyl groups is 1. The molecule has 5 nitrogen and oxygen atoms in total. The molecule has 0 saturated heterocycles. The first kappa shape index (κ1) is 12.7. The summed E-state index contributed by atoms with van der Waals surface area (Å²) in [6.45, 7) is 3.02. The average Bonchev–Trinajstić information content (AvgIpc) is 2.63. The summed E-state index contributed by atoms with van der Waals surface area (Å²) in [5.74, 6) is -0.484. The van der Waals surface area contributed by atoms with Gasteiger partial charge >= 0.3 is 5.97 Å². The zero-order chi connectivity index (χ0) is 12.1. The van der Waals surface area contributed by atoms with Crippen LogP contribution in [0.5, 0.6) is 0 Å². The Labute approximate surface area is 94.3 Å². The number of rotatable bonds is 6. The van der Waals surface area contributed by atoms with Crippen LogP contribution in [0, 0.1) is 0 Å². The molecule has 5 heteroatoms. The van der Waals surface area contributed by atoms with E-state index in [1.807, 2.05) is 11.9 Å². The monoisotopic (exact) mass is 227 g/mol. The van der Waals surface area contributed by atoms with E-state index in [9.17, 15) is 4.79 Å². The molecule has 0 aliphatic rings. The number of hydrogen-bond donors (Lipinski definition) is 2. The highest BCUT2D eigenvalue weighted by Crippen LogP contribution is 2.10. The minimum Gasteiger partial charge on any atom is -0.475 e. The number of carbonyl (C=O) groups is 1. The van der Waals surface area contributed by atoms with Gasteiger partial charge in [0.05, 0.1) is 12.6 Å². The maximum Gasteiger partial charge on any atom is 0.371 e. The number of nitrogens with zero attached hydrogens (tertiary/aromatic N) is 1. The summed E-state index contributed by atoms with van der Waals surface area (Å²) in [5, 5.41) is 17.8. The molecule has 0 aliphatic carbocycles. The van der Waals surface area contributed by atoms with Gasteiger partial charge in [0.15, 0.2) is 0 Å². The van der Waals surface area contributed by atoms with Crippen LogP contribution in [0.4, 0.5) is 0 Å². The van der Waals surface area contributed by atoms with E-state index in [-0.39, 0.29) is 11.9 Å². The number of hydrogen-bond acceptors (Lipinski definition) is 4. The van der Waals surface area contributed by atoms with E-state index in [4.69, 9.17) is 14.6 Å². The quantitative estimate of drug-likeness (QED) is 0.763. The normalized spacial score (nSPS) is 13.0. The smallest absolute Gasteiger partial charge is 0.371 e. The first-order chi connectivity index (χ1) is 7.49. The van der Waals surface area contributed by atoms with Gasteiger partial charge in [0.2, 0.25) is 5.76 Å². The molecule has 0 amide bonds. The molecule has 0 aliphatic heterocycles. The van der Waals surface area contributed by atoms with E-state index in [0.717, 1.165) is 6.54 Å². The average molecular weight is 227 g/mol. The maximum atomic E-state index is 10.6. The second-order valence-electron chi connectivity index (χ2n) is 3.95. The van der Waals surface area contributed by atoms with E-state index >= 15 is 0 Å². The van der Waals surface area contributed by atoms with Gasteiger partial charge in [0, 0.05) is 6.54 Å². The standard InChI is InChI=1S/C11H17NO4/c1-8(13)5-6-12(2)7-9-3-4-10(16-9)11(14)15/h3-4,8,13H,5-7H2,1-2H3,(H,14,15). The van der Waals surface area contributed by atoms with Gasteiger partial charge in [-0.2, -0.15) is 0 Å². The summed E-state index contributed by atoms with van der Waals surface area (Å²) < 4.78 is 5.12. The SMILES string of the molecule is CC(O)CCN(C)Cc1ccc(C(=O)O)o1. The van der Waals surface area contributed by atoms with Gasteiger partial charge < -0.3 is 14.6 Å². The lowest BCUT2D eigenvalue weighted by molar-refractivity contribution is 0.0658. The van der Waals surface area contributed by atoms with Gasteiger partial charge in [-0.3, -0.25) is 4.90 Å². The van der Waals surface area contributed by atoms with Gasteiger partial charge in [0.1, 0.15) is 5.76 Å². The van der Waals surface area contributed by atoms with Crippen molar-refractivity contribution >= 4 is 5.97 Å². The third-order valence-electron chi connectivity index (χ3n) is 2.23. The predicted octanol–water partition coefficient (Wildman–Crippen LogP) is 1.18.